The second kappa shape index (κ2) is 3.76. The summed E-state index contributed by atoms with van der Waals surface area (Å²) in [7, 11) is 5.78. The van der Waals surface area contributed by atoms with Crippen LogP contribution in [0.3, 0.4) is 0 Å². The average Bonchev–Trinajstić information content (AvgIpc) is 1.94. The third-order valence-corrected chi connectivity index (χ3v) is 2.08. The molecule has 4 nitrogen and oxygen atoms in total. The van der Waals surface area contributed by atoms with Gasteiger partial charge in [0.2, 0.25) is 0 Å². The van der Waals surface area contributed by atoms with Crippen LogP contribution in [0.2, 0.25) is 0 Å². The highest BCUT2D eigenvalue weighted by Gasteiger charge is 2.29. The Labute approximate surface area is 73.5 Å². The van der Waals surface area contributed by atoms with Crippen LogP contribution in [0.5, 0.6) is 0 Å². The highest BCUT2D eigenvalue weighted by atomic mass is 16.2. The Kier molecular flexibility index (Phi) is 2.92. The molecule has 70 valence electrons. The van der Waals surface area contributed by atoms with Crippen LogP contribution in [-0.4, -0.2) is 56.6 Å². The largest absolute Gasteiger partial charge is 0.341 e. The van der Waals surface area contributed by atoms with Crippen molar-refractivity contribution in [1.29, 1.82) is 0 Å². The molecule has 0 aliphatic carbocycles. The first-order valence-electron chi connectivity index (χ1n) is 4.25. The first-order chi connectivity index (χ1) is 5.63. The van der Waals surface area contributed by atoms with E-state index >= 15 is 0 Å². The molecule has 0 aromatic heterocycles. The third-order valence-electron chi connectivity index (χ3n) is 2.08. The van der Waals surface area contributed by atoms with E-state index in [0.717, 1.165) is 19.6 Å². The van der Waals surface area contributed by atoms with Gasteiger partial charge in [-0.25, -0.2) is 4.79 Å². The molecule has 1 aliphatic heterocycles. The number of nitrogens with zero attached hydrogens (tertiary/aromatic N) is 2. The van der Waals surface area contributed by atoms with E-state index in [9.17, 15) is 4.79 Å². The molecule has 0 saturated carbocycles. The van der Waals surface area contributed by atoms with Crippen molar-refractivity contribution in [2.75, 3.05) is 40.8 Å². The van der Waals surface area contributed by atoms with E-state index in [1.165, 1.54) is 0 Å². The average molecular weight is 171 g/mol. The van der Waals surface area contributed by atoms with Crippen molar-refractivity contribution in [3.05, 3.63) is 0 Å². The summed E-state index contributed by atoms with van der Waals surface area (Å²) in [6, 6.07) is 0.0463. The summed E-state index contributed by atoms with van der Waals surface area (Å²) >= 11 is 0. The van der Waals surface area contributed by atoms with E-state index in [-0.39, 0.29) is 6.03 Å². The lowest BCUT2D eigenvalue weighted by molar-refractivity contribution is 0.104. The van der Waals surface area contributed by atoms with Gasteiger partial charge in [-0.15, -0.1) is 0 Å². The van der Waals surface area contributed by atoms with Gasteiger partial charge >= 0.3 is 6.03 Å². The molecule has 12 heavy (non-hydrogen) atoms. The fourth-order valence-corrected chi connectivity index (χ4v) is 1.53. The van der Waals surface area contributed by atoms with Gasteiger partial charge < -0.3 is 15.1 Å². The molecule has 0 unspecified atom stereocenters. The second-order valence-corrected chi connectivity index (χ2v) is 3.59. The topological polar surface area (TPSA) is 35.6 Å². The van der Waals surface area contributed by atoms with Crippen molar-refractivity contribution in [3.8, 4) is 0 Å². The highest BCUT2D eigenvalue weighted by Crippen LogP contribution is 2.15. The molecule has 1 aliphatic rings. The monoisotopic (exact) mass is 171 g/mol. The van der Waals surface area contributed by atoms with Gasteiger partial charge in [0.15, 0.2) is 0 Å². The van der Waals surface area contributed by atoms with Crippen molar-refractivity contribution < 1.29 is 4.79 Å². The smallest absolute Gasteiger partial charge is 0.317 e. The number of carbonyl (C=O) groups is 1. The Morgan fingerprint density at radius 1 is 1.58 bits per heavy atom. The van der Waals surface area contributed by atoms with Crippen LogP contribution in [0.4, 0.5) is 4.79 Å². The van der Waals surface area contributed by atoms with Gasteiger partial charge in [-0.3, -0.25) is 0 Å². The minimum absolute atomic E-state index is 0.0463. The molecule has 2 amide bonds. The van der Waals surface area contributed by atoms with Gasteiger partial charge in [0, 0.05) is 32.6 Å². The molecule has 1 N–H and O–H groups in total. The first kappa shape index (κ1) is 9.32. The molecular formula is C8H17N3O. The zero-order valence-corrected chi connectivity index (χ0v) is 8.00. The zero-order valence-electron chi connectivity index (χ0n) is 8.00. The summed E-state index contributed by atoms with van der Waals surface area (Å²) in [5, 5.41) is 2.61. The lowest BCUT2D eigenvalue weighted by Gasteiger charge is -2.40. The maximum Gasteiger partial charge on any atom is 0.317 e. The standard InChI is InChI=1S/C8H17N3O/c1-9-8(12)11-5-7(6-11)4-10(2)3/h7H,4-6H2,1-3H3,(H,9,12). The summed E-state index contributed by atoms with van der Waals surface area (Å²) in [6.45, 7) is 2.88. The van der Waals surface area contributed by atoms with Crippen molar-refractivity contribution in [2.24, 2.45) is 5.92 Å². The summed E-state index contributed by atoms with van der Waals surface area (Å²) in [4.78, 5) is 15.0. The molecule has 0 aromatic rings. The van der Waals surface area contributed by atoms with Gasteiger partial charge in [0.05, 0.1) is 0 Å². The highest BCUT2D eigenvalue weighted by molar-refractivity contribution is 5.74. The van der Waals surface area contributed by atoms with Crippen molar-refractivity contribution in [3.63, 3.8) is 0 Å². The predicted molar refractivity (Wildman–Crippen MR) is 48.1 cm³/mol. The van der Waals surface area contributed by atoms with Crippen LogP contribution in [-0.2, 0) is 0 Å². The minimum Gasteiger partial charge on any atom is -0.341 e. The number of hydrogen-bond acceptors (Lipinski definition) is 2. The summed E-state index contributed by atoms with van der Waals surface area (Å²) in [5.74, 6) is 0.664. The first-order valence-corrected chi connectivity index (χ1v) is 4.25. The molecule has 1 saturated heterocycles. The predicted octanol–water partition coefficient (Wildman–Crippen LogP) is -0.181. The minimum atomic E-state index is 0.0463. The molecule has 0 spiro atoms. The van der Waals surface area contributed by atoms with E-state index in [2.05, 4.69) is 24.3 Å². The Balaban J connectivity index is 2.15. The second-order valence-electron chi connectivity index (χ2n) is 3.59. The SMILES string of the molecule is CNC(=O)N1CC(CN(C)C)C1. The fraction of sp³-hybridized carbons (Fsp3) is 0.875. The molecule has 0 aromatic carbocycles. The molecule has 0 bridgehead atoms. The van der Waals surface area contributed by atoms with E-state index in [0.29, 0.717) is 5.92 Å². The molecule has 0 radical (unpaired) electrons. The Morgan fingerprint density at radius 2 is 2.17 bits per heavy atom. The number of amides is 2. The normalized spacial score (nSPS) is 17.8. The number of nitrogens with one attached hydrogen (secondary N) is 1. The quantitative estimate of drug-likeness (QED) is 0.625. The van der Waals surface area contributed by atoms with Gasteiger partial charge in [-0.1, -0.05) is 0 Å². The zero-order chi connectivity index (χ0) is 9.14. The number of hydrogen-bond donors (Lipinski definition) is 1. The number of rotatable bonds is 2. The van der Waals surface area contributed by atoms with Gasteiger partial charge in [0.1, 0.15) is 0 Å². The van der Waals surface area contributed by atoms with Crippen molar-refractivity contribution in [1.82, 2.24) is 15.1 Å². The fourth-order valence-electron chi connectivity index (χ4n) is 1.53. The Morgan fingerprint density at radius 3 is 2.58 bits per heavy atom. The number of carbonyl (C=O) groups excluding carboxylic acids is 1. The molecule has 1 rings (SSSR count). The van der Waals surface area contributed by atoms with Crippen LogP contribution in [0, 0.1) is 5.92 Å². The molecule has 4 heteroatoms. The molecular weight excluding hydrogens is 154 g/mol. The maximum absolute atomic E-state index is 11.0. The molecule has 0 atom stereocenters. The maximum atomic E-state index is 11.0. The number of urea groups is 1. The van der Waals surface area contributed by atoms with E-state index in [1.54, 1.807) is 7.05 Å². The van der Waals surface area contributed by atoms with E-state index < -0.39 is 0 Å². The van der Waals surface area contributed by atoms with Crippen LogP contribution in [0.25, 0.3) is 0 Å². The molecule has 1 heterocycles. The van der Waals surface area contributed by atoms with E-state index in [1.807, 2.05) is 4.90 Å². The lowest BCUT2D eigenvalue weighted by Crippen LogP contribution is -2.55. The Hall–Kier alpha value is -0.770. The van der Waals surface area contributed by atoms with Crippen LogP contribution >= 0.6 is 0 Å². The summed E-state index contributed by atoms with van der Waals surface area (Å²) < 4.78 is 0. The van der Waals surface area contributed by atoms with E-state index in [4.69, 9.17) is 0 Å². The summed E-state index contributed by atoms with van der Waals surface area (Å²) in [5.41, 5.74) is 0. The van der Waals surface area contributed by atoms with Crippen molar-refractivity contribution >= 4 is 6.03 Å². The van der Waals surface area contributed by atoms with Gasteiger partial charge in [-0.2, -0.15) is 0 Å². The number of likely N-dealkylation sites (tertiary alicyclic amines) is 1. The van der Waals surface area contributed by atoms with Crippen LogP contribution in [0.1, 0.15) is 0 Å². The summed E-state index contributed by atoms with van der Waals surface area (Å²) in [6.07, 6.45) is 0. The van der Waals surface area contributed by atoms with Crippen molar-refractivity contribution in [2.45, 2.75) is 0 Å². The van der Waals surface area contributed by atoms with Crippen LogP contribution in [0.15, 0.2) is 0 Å². The Bertz CT molecular complexity index is 164. The lowest BCUT2D eigenvalue weighted by atomic mass is 10.0. The molecule has 1 fully saturated rings. The van der Waals surface area contributed by atoms with Crippen LogP contribution < -0.4 is 5.32 Å². The van der Waals surface area contributed by atoms with Gasteiger partial charge in [0.25, 0.3) is 0 Å². The van der Waals surface area contributed by atoms with Gasteiger partial charge in [-0.05, 0) is 14.1 Å². The third kappa shape index (κ3) is 2.11.